The lowest BCUT2D eigenvalue weighted by Crippen LogP contribution is -2.33. The Morgan fingerprint density at radius 3 is 2.70 bits per heavy atom. The Balaban J connectivity index is 1.56. The summed E-state index contributed by atoms with van der Waals surface area (Å²) in [5.74, 6) is 0.728. The minimum absolute atomic E-state index is 0.0242. The second-order valence-corrected chi connectivity index (χ2v) is 9.16. The SMILES string of the molecule is CCN(CC)C(=O)O[C@@H]1CC[C@H](c2cc(NC(=O)COc3cc(OC)cc(O)c3C=NC(C)C)n[nH]2)C1. The number of aromatic nitrogens is 2. The number of carbonyl (C=O) groups is 2. The lowest BCUT2D eigenvalue weighted by molar-refractivity contribution is -0.118. The number of aliphatic imine (C=N–C) groups is 1. The number of H-pyrrole nitrogens is 1. The first-order valence-corrected chi connectivity index (χ1v) is 12.6. The molecule has 1 heterocycles. The molecule has 1 aromatic carbocycles. The number of aromatic hydroxyl groups is 1. The van der Waals surface area contributed by atoms with E-state index in [-0.39, 0.29) is 42.3 Å². The molecule has 0 radical (unpaired) electrons. The lowest BCUT2D eigenvalue weighted by atomic mass is 10.0. The summed E-state index contributed by atoms with van der Waals surface area (Å²) in [6.07, 6.45) is 3.43. The minimum Gasteiger partial charge on any atom is -0.507 e. The van der Waals surface area contributed by atoms with Crippen LogP contribution < -0.4 is 14.8 Å². The van der Waals surface area contributed by atoms with Gasteiger partial charge in [-0.2, -0.15) is 5.10 Å². The van der Waals surface area contributed by atoms with Crippen molar-refractivity contribution in [2.45, 2.75) is 65.0 Å². The molecule has 11 heteroatoms. The Kier molecular flexibility index (Phi) is 9.76. The molecule has 202 valence electrons. The maximum absolute atomic E-state index is 12.5. The quantitative estimate of drug-likeness (QED) is 0.383. The van der Waals surface area contributed by atoms with E-state index in [2.05, 4.69) is 20.5 Å². The number of phenols is 1. The molecule has 1 aliphatic carbocycles. The molecular formula is C26H37N5O6. The Morgan fingerprint density at radius 2 is 2.03 bits per heavy atom. The molecule has 0 saturated heterocycles. The molecular weight excluding hydrogens is 478 g/mol. The second-order valence-electron chi connectivity index (χ2n) is 9.16. The van der Waals surface area contributed by atoms with Crippen LogP contribution in [0.2, 0.25) is 0 Å². The number of phenolic OH excluding ortho intramolecular Hbond substituents is 1. The number of hydrogen-bond donors (Lipinski definition) is 3. The monoisotopic (exact) mass is 515 g/mol. The Bertz CT molecular complexity index is 1100. The van der Waals surface area contributed by atoms with Crippen LogP contribution in [-0.4, -0.2) is 77.4 Å². The zero-order valence-corrected chi connectivity index (χ0v) is 22.1. The number of nitrogens with zero attached hydrogens (tertiary/aromatic N) is 3. The molecule has 37 heavy (non-hydrogen) atoms. The van der Waals surface area contributed by atoms with Gasteiger partial charge in [0.1, 0.15) is 23.4 Å². The van der Waals surface area contributed by atoms with Crippen molar-refractivity contribution < 1.29 is 28.9 Å². The Morgan fingerprint density at radius 1 is 1.27 bits per heavy atom. The smallest absolute Gasteiger partial charge is 0.410 e. The average molecular weight is 516 g/mol. The number of aromatic amines is 1. The molecule has 0 bridgehead atoms. The molecule has 2 aromatic rings. The van der Waals surface area contributed by atoms with Crippen molar-refractivity contribution in [2.75, 3.05) is 32.1 Å². The molecule has 11 nitrogen and oxygen atoms in total. The van der Waals surface area contributed by atoms with Gasteiger partial charge in [-0.1, -0.05) is 0 Å². The summed E-state index contributed by atoms with van der Waals surface area (Å²) in [5.41, 5.74) is 1.24. The number of methoxy groups -OCH3 is 1. The van der Waals surface area contributed by atoms with Crippen molar-refractivity contribution in [3.63, 3.8) is 0 Å². The van der Waals surface area contributed by atoms with Crippen LogP contribution in [0.3, 0.4) is 0 Å². The van der Waals surface area contributed by atoms with E-state index in [4.69, 9.17) is 14.2 Å². The molecule has 1 aromatic heterocycles. The van der Waals surface area contributed by atoms with Gasteiger partial charge in [-0.05, 0) is 47.0 Å². The number of hydrogen-bond acceptors (Lipinski definition) is 8. The van der Waals surface area contributed by atoms with E-state index in [9.17, 15) is 14.7 Å². The van der Waals surface area contributed by atoms with Gasteiger partial charge in [-0.15, -0.1) is 0 Å². The van der Waals surface area contributed by atoms with Gasteiger partial charge in [0.15, 0.2) is 12.4 Å². The molecule has 0 aliphatic heterocycles. The number of ether oxygens (including phenoxy) is 3. The molecule has 3 N–H and O–H groups in total. The normalized spacial score (nSPS) is 17.2. The van der Waals surface area contributed by atoms with E-state index in [1.165, 1.54) is 19.4 Å². The summed E-state index contributed by atoms with van der Waals surface area (Å²) in [7, 11) is 1.48. The van der Waals surface area contributed by atoms with E-state index in [0.29, 0.717) is 36.6 Å². The molecule has 2 amide bonds. The number of benzene rings is 1. The van der Waals surface area contributed by atoms with E-state index < -0.39 is 5.91 Å². The van der Waals surface area contributed by atoms with Crippen LogP contribution in [0.4, 0.5) is 10.6 Å². The fourth-order valence-electron chi connectivity index (χ4n) is 4.14. The second kappa shape index (κ2) is 13.0. The van der Waals surface area contributed by atoms with Crippen molar-refractivity contribution >= 4 is 24.0 Å². The van der Waals surface area contributed by atoms with Crippen LogP contribution in [0.15, 0.2) is 23.2 Å². The van der Waals surface area contributed by atoms with Crippen molar-refractivity contribution in [2.24, 2.45) is 4.99 Å². The molecule has 1 saturated carbocycles. The van der Waals surface area contributed by atoms with Crippen LogP contribution in [0.1, 0.15) is 64.1 Å². The number of nitrogens with one attached hydrogen (secondary N) is 2. The highest BCUT2D eigenvalue weighted by Crippen LogP contribution is 2.36. The average Bonchev–Trinajstić information content (AvgIpc) is 3.52. The van der Waals surface area contributed by atoms with Gasteiger partial charge in [-0.25, -0.2) is 4.79 Å². The van der Waals surface area contributed by atoms with Crippen LogP contribution in [0.5, 0.6) is 17.2 Å². The molecule has 2 atom stereocenters. The van der Waals surface area contributed by atoms with Gasteiger partial charge in [-0.3, -0.25) is 14.9 Å². The highest BCUT2D eigenvalue weighted by molar-refractivity contribution is 5.92. The number of anilines is 1. The zero-order chi connectivity index (χ0) is 26.9. The highest BCUT2D eigenvalue weighted by Gasteiger charge is 2.31. The summed E-state index contributed by atoms with van der Waals surface area (Å²) in [5, 5.41) is 20.2. The third-order valence-corrected chi connectivity index (χ3v) is 6.17. The van der Waals surface area contributed by atoms with E-state index in [1.807, 2.05) is 27.7 Å². The fraction of sp³-hybridized carbons (Fsp3) is 0.538. The summed E-state index contributed by atoms with van der Waals surface area (Å²) in [6.45, 7) is 8.60. The number of carbonyl (C=O) groups excluding carboxylic acids is 2. The molecule has 1 aliphatic rings. The van der Waals surface area contributed by atoms with Crippen molar-refractivity contribution in [3.8, 4) is 17.2 Å². The zero-order valence-electron chi connectivity index (χ0n) is 22.1. The Labute approximate surface area is 217 Å². The van der Waals surface area contributed by atoms with Gasteiger partial charge in [0.05, 0.1) is 12.7 Å². The molecule has 0 unspecified atom stereocenters. The maximum atomic E-state index is 12.5. The molecule has 3 rings (SSSR count). The predicted molar refractivity (Wildman–Crippen MR) is 140 cm³/mol. The first-order chi connectivity index (χ1) is 17.7. The van der Waals surface area contributed by atoms with Gasteiger partial charge in [0.2, 0.25) is 0 Å². The van der Waals surface area contributed by atoms with Crippen LogP contribution in [-0.2, 0) is 9.53 Å². The third kappa shape index (κ3) is 7.61. The predicted octanol–water partition coefficient (Wildman–Crippen LogP) is 4.08. The first kappa shape index (κ1) is 27.8. The summed E-state index contributed by atoms with van der Waals surface area (Å²) >= 11 is 0. The Hall–Kier alpha value is -3.76. The maximum Gasteiger partial charge on any atom is 0.410 e. The summed E-state index contributed by atoms with van der Waals surface area (Å²) in [4.78, 5) is 30.7. The van der Waals surface area contributed by atoms with Gasteiger partial charge in [0.25, 0.3) is 5.91 Å². The van der Waals surface area contributed by atoms with Crippen molar-refractivity contribution in [1.82, 2.24) is 15.1 Å². The number of amides is 2. The fourth-order valence-corrected chi connectivity index (χ4v) is 4.14. The van der Waals surface area contributed by atoms with Crippen LogP contribution in [0.25, 0.3) is 0 Å². The third-order valence-electron chi connectivity index (χ3n) is 6.17. The van der Waals surface area contributed by atoms with Crippen molar-refractivity contribution in [1.29, 1.82) is 0 Å². The van der Waals surface area contributed by atoms with Gasteiger partial charge in [0, 0.05) is 55.2 Å². The van der Waals surface area contributed by atoms with Crippen molar-refractivity contribution in [3.05, 3.63) is 29.5 Å². The first-order valence-electron chi connectivity index (χ1n) is 12.6. The summed E-state index contributed by atoms with van der Waals surface area (Å²) in [6, 6.07) is 4.86. The largest absolute Gasteiger partial charge is 0.507 e. The minimum atomic E-state index is -0.412. The summed E-state index contributed by atoms with van der Waals surface area (Å²) < 4.78 is 16.5. The van der Waals surface area contributed by atoms with E-state index in [1.54, 1.807) is 17.0 Å². The van der Waals surface area contributed by atoms with E-state index >= 15 is 0 Å². The topological polar surface area (TPSA) is 138 Å². The number of rotatable bonds is 11. The van der Waals surface area contributed by atoms with Crippen LogP contribution in [0, 0.1) is 0 Å². The van der Waals surface area contributed by atoms with Gasteiger partial charge >= 0.3 is 6.09 Å². The molecule has 1 fully saturated rings. The standard InChI is InChI=1S/C26H37N5O6/c1-6-31(7-2)26(34)37-18-9-8-17(10-18)21-13-24(30-29-21)28-25(33)15-36-23-12-19(35-5)11-22(32)20(23)14-27-16(3)4/h11-14,16-18,32H,6-10,15H2,1-5H3,(H2,28,29,30,33)/t17-,18+/m0/s1. The lowest BCUT2D eigenvalue weighted by Gasteiger charge is -2.21. The van der Waals surface area contributed by atoms with Crippen LogP contribution >= 0.6 is 0 Å². The van der Waals surface area contributed by atoms with E-state index in [0.717, 1.165) is 18.5 Å². The van der Waals surface area contributed by atoms with Gasteiger partial charge < -0.3 is 29.5 Å². The molecule has 0 spiro atoms. The highest BCUT2D eigenvalue weighted by atomic mass is 16.6.